The first-order valence-corrected chi connectivity index (χ1v) is 7.43. The van der Waals surface area contributed by atoms with Crippen LogP contribution in [0.1, 0.15) is 5.56 Å². The van der Waals surface area contributed by atoms with Gasteiger partial charge in [-0.3, -0.25) is 9.69 Å². The van der Waals surface area contributed by atoms with E-state index in [1.165, 1.54) is 5.56 Å². The largest absolute Gasteiger partial charge is 0.355 e. The van der Waals surface area contributed by atoms with E-state index in [1.54, 1.807) is 0 Å². The number of benzene rings is 1. The van der Waals surface area contributed by atoms with E-state index in [0.717, 1.165) is 37.6 Å². The molecule has 0 radical (unpaired) electrons. The van der Waals surface area contributed by atoms with Crippen LogP contribution >= 0.6 is 11.6 Å². The van der Waals surface area contributed by atoms with E-state index in [0.29, 0.717) is 13.1 Å². The van der Waals surface area contributed by atoms with Crippen molar-refractivity contribution in [2.24, 2.45) is 0 Å². The zero-order valence-electron chi connectivity index (χ0n) is 11.9. The predicted octanol–water partition coefficient (Wildman–Crippen LogP) is 1.25. The minimum atomic E-state index is 0.114. The van der Waals surface area contributed by atoms with Gasteiger partial charge < -0.3 is 10.2 Å². The molecule has 1 aliphatic heterocycles. The first-order valence-electron chi connectivity index (χ1n) is 7.05. The van der Waals surface area contributed by atoms with Crippen LogP contribution in [0.2, 0.25) is 5.02 Å². The van der Waals surface area contributed by atoms with E-state index >= 15 is 0 Å². The molecule has 0 atom stereocenters. The third-order valence-corrected chi connectivity index (χ3v) is 3.86. The molecule has 0 aromatic heterocycles. The van der Waals surface area contributed by atoms with Gasteiger partial charge in [-0.05, 0) is 31.2 Å². The number of carbonyl (C=O) groups excluding carboxylic acids is 1. The molecule has 1 N–H and O–H groups in total. The van der Waals surface area contributed by atoms with Crippen molar-refractivity contribution in [1.82, 2.24) is 15.1 Å². The monoisotopic (exact) mass is 295 g/mol. The fraction of sp³-hybridized carbons (Fsp3) is 0.533. The first-order chi connectivity index (χ1) is 9.63. The topological polar surface area (TPSA) is 35.6 Å². The highest BCUT2D eigenvalue weighted by Gasteiger charge is 2.15. The summed E-state index contributed by atoms with van der Waals surface area (Å²) in [7, 11) is 2.11. The van der Waals surface area contributed by atoms with Crippen molar-refractivity contribution >= 4 is 17.5 Å². The van der Waals surface area contributed by atoms with Gasteiger partial charge in [-0.2, -0.15) is 0 Å². The number of rotatable bonds is 5. The van der Waals surface area contributed by atoms with Gasteiger partial charge in [0.2, 0.25) is 5.91 Å². The first kappa shape index (κ1) is 15.3. The average molecular weight is 296 g/mol. The number of hydrogen-bond donors (Lipinski definition) is 1. The number of nitrogens with one attached hydrogen (secondary N) is 1. The van der Waals surface area contributed by atoms with E-state index in [4.69, 9.17) is 11.6 Å². The highest BCUT2D eigenvalue weighted by atomic mass is 35.5. The highest BCUT2D eigenvalue weighted by Crippen LogP contribution is 2.09. The summed E-state index contributed by atoms with van der Waals surface area (Å²) in [5, 5.41) is 3.72. The summed E-state index contributed by atoms with van der Waals surface area (Å²) in [6.45, 7) is 5.21. The zero-order valence-corrected chi connectivity index (χ0v) is 12.7. The molecule has 1 fully saturated rings. The minimum absolute atomic E-state index is 0.114. The fourth-order valence-electron chi connectivity index (χ4n) is 2.26. The zero-order chi connectivity index (χ0) is 14.4. The van der Waals surface area contributed by atoms with Gasteiger partial charge in [-0.1, -0.05) is 23.7 Å². The van der Waals surface area contributed by atoms with E-state index in [9.17, 15) is 4.79 Å². The molecule has 1 saturated heterocycles. The second kappa shape index (κ2) is 7.62. The summed E-state index contributed by atoms with van der Waals surface area (Å²) in [5.74, 6) is 0.114. The van der Waals surface area contributed by atoms with Crippen LogP contribution in [-0.4, -0.2) is 62.0 Å². The van der Waals surface area contributed by atoms with Crippen LogP contribution in [0.25, 0.3) is 0 Å². The molecule has 1 aliphatic rings. The van der Waals surface area contributed by atoms with Gasteiger partial charge in [0.25, 0.3) is 0 Å². The summed E-state index contributed by atoms with van der Waals surface area (Å²) in [6, 6.07) is 7.75. The Morgan fingerprint density at radius 2 is 1.85 bits per heavy atom. The Kier molecular flexibility index (Phi) is 5.83. The van der Waals surface area contributed by atoms with Gasteiger partial charge in [0.15, 0.2) is 0 Å². The van der Waals surface area contributed by atoms with Crippen LogP contribution in [-0.2, 0) is 11.2 Å². The Morgan fingerprint density at radius 1 is 1.20 bits per heavy atom. The molecule has 110 valence electrons. The molecule has 0 bridgehead atoms. The van der Waals surface area contributed by atoms with Gasteiger partial charge in [-0.15, -0.1) is 0 Å². The summed E-state index contributed by atoms with van der Waals surface area (Å²) < 4.78 is 0. The molecule has 0 spiro atoms. The quantitative estimate of drug-likeness (QED) is 0.888. The molecule has 0 saturated carbocycles. The average Bonchev–Trinajstić information content (AvgIpc) is 2.44. The fourth-order valence-corrected chi connectivity index (χ4v) is 2.39. The van der Waals surface area contributed by atoms with Crippen molar-refractivity contribution in [1.29, 1.82) is 0 Å². The van der Waals surface area contributed by atoms with Crippen molar-refractivity contribution in [3.63, 3.8) is 0 Å². The number of hydrogen-bond acceptors (Lipinski definition) is 3. The lowest BCUT2D eigenvalue weighted by atomic mass is 10.1. The summed E-state index contributed by atoms with van der Waals surface area (Å²) in [6.07, 6.45) is 0.839. The molecule has 4 nitrogen and oxygen atoms in total. The molecular weight excluding hydrogens is 274 g/mol. The molecule has 5 heteroatoms. The molecule has 1 aromatic carbocycles. The number of carbonyl (C=O) groups is 1. The van der Waals surface area contributed by atoms with E-state index in [2.05, 4.69) is 22.2 Å². The number of nitrogens with zero attached hydrogens (tertiary/aromatic N) is 2. The van der Waals surface area contributed by atoms with Crippen molar-refractivity contribution in [2.75, 3.05) is 46.3 Å². The van der Waals surface area contributed by atoms with Gasteiger partial charge in [0, 0.05) is 37.7 Å². The van der Waals surface area contributed by atoms with Gasteiger partial charge in [0.1, 0.15) is 0 Å². The maximum Gasteiger partial charge on any atom is 0.234 e. The molecule has 0 unspecified atom stereocenters. The molecule has 0 aliphatic carbocycles. The van der Waals surface area contributed by atoms with Gasteiger partial charge in [0.05, 0.1) is 6.54 Å². The Hall–Kier alpha value is -1.10. The third-order valence-electron chi connectivity index (χ3n) is 3.61. The van der Waals surface area contributed by atoms with Crippen molar-refractivity contribution < 1.29 is 4.79 Å². The lowest BCUT2D eigenvalue weighted by Gasteiger charge is -2.31. The number of halogens is 1. The molecule has 1 heterocycles. The Morgan fingerprint density at radius 3 is 2.50 bits per heavy atom. The summed E-state index contributed by atoms with van der Waals surface area (Å²) in [5.41, 5.74) is 1.19. The second-order valence-electron chi connectivity index (χ2n) is 5.31. The maximum atomic E-state index is 11.8. The van der Waals surface area contributed by atoms with E-state index in [1.807, 2.05) is 24.3 Å². The maximum absolute atomic E-state index is 11.8. The van der Waals surface area contributed by atoms with E-state index in [-0.39, 0.29) is 5.91 Å². The third kappa shape index (κ3) is 5.12. The van der Waals surface area contributed by atoms with Crippen LogP contribution in [0.5, 0.6) is 0 Å². The van der Waals surface area contributed by atoms with Gasteiger partial charge in [-0.25, -0.2) is 0 Å². The Balaban J connectivity index is 1.64. The van der Waals surface area contributed by atoms with Crippen molar-refractivity contribution in [3.8, 4) is 0 Å². The number of piperazine rings is 1. The number of amides is 1. The van der Waals surface area contributed by atoms with Crippen molar-refractivity contribution in [3.05, 3.63) is 34.9 Å². The Bertz CT molecular complexity index is 427. The lowest BCUT2D eigenvalue weighted by molar-refractivity contribution is -0.122. The van der Waals surface area contributed by atoms with Crippen LogP contribution < -0.4 is 5.32 Å². The van der Waals surface area contributed by atoms with Crippen molar-refractivity contribution in [2.45, 2.75) is 6.42 Å². The SMILES string of the molecule is CN1CCN(CC(=O)NCCc2ccc(Cl)cc2)CC1. The molecular formula is C15H22ClN3O. The molecule has 1 amide bonds. The standard InChI is InChI=1S/C15H22ClN3O/c1-18-8-10-19(11-9-18)12-15(20)17-7-6-13-2-4-14(16)5-3-13/h2-5H,6-12H2,1H3,(H,17,20). The number of likely N-dealkylation sites (N-methyl/N-ethyl adjacent to an activating group) is 1. The van der Waals surface area contributed by atoms with Gasteiger partial charge >= 0.3 is 0 Å². The van der Waals surface area contributed by atoms with Crippen LogP contribution in [0.15, 0.2) is 24.3 Å². The normalized spacial score (nSPS) is 17.1. The van der Waals surface area contributed by atoms with E-state index < -0.39 is 0 Å². The molecule has 20 heavy (non-hydrogen) atoms. The summed E-state index contributed by atoms with van der Waals surface area (Å²) >= 11 is 5.84. The molecule has 1 aromatic rings. The van der Waals surface area contributed by atoms with Crippen LogP contribution in [0.4, 0.5) is 0 Å². The predicted molar refractivity (Wildman–Crippen MR) is 82.1 cm³/mol. The minimum Gasteiger partial charge on any atom is -0.355 e. The van der Waals surface area contributed by atoms with Crippen LogP contribution in [0, 0.1) is 0 Å². The smallest absolute Gasteiger partial charge is 0.234 e. The molecule has 2 rings (SSSR count). The Labute approximate surface area is 125 Å². The summed E-state index contributed by atoms with van der Waals surface area (Å²) in [4.78, 5) is 16.3. The lowest BCUT2D eigenvalue weighted by Crippen LogP contribution is -2.48. The second-order valence-corrected chi connectivity index (χ2v) is 5.74. The van der Waals surface area contributed by atoms with Crippen LogP contribution in [0.3, 0.4) is 0 Å². The highest BCUT2D eigenvalue weighted by molar-refractivity contribution is 6.30.